The van der Waals surface area contributed by atoms with Gasteiger partial charge in [-0.15, -0.1) is 0 Å². The zero-order valence-corrected chi connectivity index (χ0v) is 12.6. The minimum atomic E-state index is -0.403. The molecule has 0 atom stereocenters. The molecule has 0 aliphatic heterocycles. The summed E-state index contributed by atoms with van der Waals surface area (Å²) in [5, 5.41) is 14.1. The molecule has 0 radical (unpaired) electrons. The van der Waals surface area contributed by atoms with Gasteiger partial charge in [0.1, 0.15) is 0 Å². The number of rotatable bonds is 7. The maximum Gasteiger partial charge on any atom is 0.271 e. The summed E-state index contributed by atoms with van der Waals surface area (Å²) in [6.07, 6.45) is 0. The summed E-state index contributed by atoms with van der Waals surface area (Å²) in [7, 11) is 1.95. The lowest BCUT2D eigenvalue weighted by atomic mass is 10.2. The quantitative estimate of drug-likeness (QED) is 0.463. The van der Waals surface area contributed by atoms with Gasteiger partial charge in [-0.05, 0) is 18.5 Å². The zero-order valence-electron chi connectivity index (χ0n) is 12.6. The molecular formula is C14H21N5O2. The topological polar surface area (TPSA) is 87.1 Å². The van der Waals surface area contributed by atoms with Gasteiger partial charge in [-0.25, -0.2) is 4.98 Å². The molecule has 0 unspecified atom stereocenters. The Morgan fingerprint density at radius 1 is 1.48 bits per heavy atom. The van der Waals surface area contributed by atoms with Gasteiger partial charge in [0.25, 0.3) is 5.69 Å². The van der Waals surface area contributed by atoms with Gasteiger partial charge in [0.05, 0.1) is 16.0 Å². The summed E-state index contributed by atoms with van der Waals surface area (Å²) in [6.45, 7) is 7.01. The number of nitrogens with zero attached hydrogens (tertiary/aromatic N) is 3. The molecule has 0 aliphatic rings. The molecule has 2 aromatic rings. The van der Waals surface area contributed by atoms with Crippen LogP contribution in [0.25, 0.3) is 11.0 Å². The number of nitro benzene ring substituents is 1. The van der Waals surface area contributed by atoms with Crippen molar-refractivity contribution in [1.82, 2.24) is 15.3 Å². The smallest absolute Gasteiger partial charge is 0.271 e. The summed E-state index contributed by atoms with van der Waals surface area (Å²) in [4.78, 5) is 19.9. The fraction of sp³-hybridized carbons (Fsp3) is 0.500. The van der Waals surface area contributed by atoms with E-state index in [0.29, 0.717) is 11.4 Å². The van der Waals surface area contributed by atoms with Gasteiger partial charge in [-0.1, -0.05) is 13.8 Å². The van der Waals surface area contributed by atoms with Crippen LogP contribution in [0.3, 0.4) is 0 Å². The fourth-order valence-electron chi connectivity index (χ4n) is 2.02. The number of anilines is 1. The van der Waals surface area contributed by atoms with Gasteiger partial charge >= 0.3 is 0 Å². The molecule has 0 spiro atoms. The second-order valence-electron chi connectivity index (χ2n) is 5.54. The minimum absolute atomic E-state index is 0.0685. The van der Waals surface area contributed by atoms with Crippen LogP contribution in [0, 0.1) is 16.0 Å². The van der Waals surface area contributed by atoms with E-state index in [1.807, 2.05) is 11.9 Å². The number of non-ortho nitro benzene ring substituents is 1. The molecule has 114 valence electrons. The number of likely N-dealkylation sites (N-methyl/N-ethyl adjacent to an activating group) is 1. The highest BCUT2D eigenvalue weighted by molar-refractivity contribution is 5.80. The van der Waals surface area contributed by atoms with Crippen LogP contribution in [0.15, 0.2) is 18.2 Å². The summed E-state index contributed by atoms with van der Waals surface area (Å²) in [6, 6.07) is 4.64. The monoisotopic (exact) mass is 291 g/mol. The fourth-order valence-corrected chi connectivity index (χ4v) is 2.02. The Labute approximate surface area is 123 Å². The average molecular weight is 291 g/mol. The van der Waals surface area contributed by atoms with Crippen molar-refractivity contribution in [2.45, 2.75) is 13.8 Å². The van der Waals surface area contributed by atoms with E-state index in [0.717, 1.165) is 31.1 Å². The van der Waals surface area contributed by atoms with E-state index in [9.17, 15) is 10.1 Å². The molecule has 0 amide bonds. The van der Waals surface area contributed by atoms with Gasteiger partial charge in [0.2, 0.25) is 5.95 Å². The highest BCUT2D eigenvalue weighted by Gasteiger charge is 2.11. The second kappa shape index (κ2) is 6.53. The number of aromatic amines is 1. The Kier molecular flexibility index (Phi) is 4.74. The first-order valence-electron chi connectivity index (χ1n) is 7.03. The predicted molar refractivity (Wildman–Crippen MR) is 83.7 cm³/mol. The standard InChI is InChI=1S/C14H21N5O2/c1-10(2)9-15-6-7-18(3)14-16-12-5-4-11(19(20)21)8-13(12)17-14/h4-5,8,10,15H,6-7,9H2,1-3H3,(H,16,17). The van der Waals surface area contributed by atoms with E-state index in [2.05, 4.69) is 29.1 Å². The van der Waals surface area contributed by atoms with Crippen LogP contribution in [0.4, 0.5) is 11.6 Å². The minimum Gasteiger partial charge on any atom is -0.344 e. The van der Waals surface area contributed by atoms with Gasteiger partial charge in [-0.2, -0.15) is 0 Å². The molecule has 7 nitrogen and oxygen atoms in total. The summed E-state index contributed by atoms with van der Waals surface area (Å²) < 4.78 is 0. The molecule has 7 heteroatoms. The normalized spacial score (nSPS) is 11.2. The number of aromatic nitrogens is 2. The summed E-state index contributed by atoms with van der Waals surface area (Å²) in [5.74, 6) is 1.35. The number of benzene rings is 1. The van der Waals surface area contributed by atoms with Gasteiger partial charge in [0, 0.05) is 32.3 Å². The Bertz CT molecular complexity index is 623. The van der Waals surface area contributed by atoms with Crippen LogP contribution in [0.5, 0.6) is 0 Å². The Hall–Kier alpha value is -2.15. The lowest BCUT2D eigenvalue weighted by Gasteiger charge is -2.16. The molecule has 0 fully saturated rings. The van der Waals surface area contributed by atoms with E-state index >= 15 is 0 Å². The number of hydrogen-bond acceptors (Lipinski definition) is 5. The zero-order chi connectivity index (χ0) is 15.4. The third-order valence-corrected chi connectivity index (χ3v) is 3.20. The van der Waals surface area contributed by atoms with Crippen LogP contribution in [0.2, 0.25) is 0 Å². The molecule has 0 bridgehead atoms. The molecule has 0 aliphatic carbocycles. The van der Waals surface area contributed by atoms with Gasteiger partial charge in [0.15, 0.2) is 0 Å². The molecule has 2 N–H and O–H groups in total. The summed E-state index contributed by atoms with van der Waals surface area (Å²) in [5.41, 5.74) is 1.48. The highest BCUT2D eigenvalue weighted by atomic mass is 16.6. The largest absolute Gasteiger partial charge is 0.344 e. The maximum atomic E-state index is 10.8. The van der Waals surface area contributed by atoms with Gasteiger partial charge < -0.3 is 15.2 Å². The number of fused-ring (bicyclic) bond motifs is 1. The average Bonchev–Trinajstić information content (AvgIpc) is 2.85. The first-order chi connectivity index (χ1) is 9.97. The molecule has 1 aromatic heterocycles. The van der Waals surface area contributed by atoms with E-state index in [1.165, 1.54) is 12.1 Å². The van der Waals surface area contributed by atoms with Crippen molar-refractivity contribution in [3.05, 3.63) is 28.3 Å². The number of nitro groups is 1. The van der Waals surface area contributed by atoms with Crippen LogP contribution >= 0.6 is 0 Å². The Morgan fingerprint density at radius 3 is 2.90 bits per heavy atom. The first-order valence-corrected chi connectivity index (χ1v) is 7.03. The molecular weight excluding hydrogens is 270 g/mol. The van der Waals surface area contributed by atoms with E-state index in [-0.39, 0.29) is 5.69 Å². The number of H-pyrrole nitrogens is 1. The van der Waals surface area contributed by atoms with E-state index in [4.69, 9.17) is 0 Å². The van der Waals surface area contributed by atoms with Crippen molar-refractivity contribution in [2.75, 3.05) is 31.6 Å². The highest BCUT2D eigenvalue weighted by Crippen LogP contribution is 2.21. The Morgan fingerprint density at radius 2 is 2.24 bits per heavy atom. The van der Waals surface area contributed by atoms with Crippen molar-refractivity contribution in [1.29, 1.82) is 0 Å². The van der Waals surface area contributed by atoms with Crippen molar-refractivity contribution in [3.8, 4) is 0 Å². The lowest BCUT2D eigenvalue weighted by Crippen LogP contribution is -2.31. The van der Waals surface area contributed by atoms with Crippen molar-refractivity contribution < 1.29 is 4.92 Å². The molecule has 0 saturated carbocycles. The number of nitrogens with one attached hydrogen (secondary N) is 2. The van der Waals surface area contributed by atoms with E-state index in [1.54, 1.807) is 6.07 Å². The third-order valence-electron chi connectivity index (χ3n) is 3.20. The molecule has 1 aromatic carbocycles. The second-order valence-corrected chi connectivity index (χ2v) is 5.54. The summed E-state index contributed by atoms with van der Waals surface area (Å²) >= 11 is 0. The van der Waals surface area contributed by atoms with Crippen LogP contribution < -0.4 is 10.2 Å². The van der Waals surface area contributed by atoms with Crippen LogP contribution in [-0.4, -0.2) is 41.6 Å². The molecule has 0 saturated heterocycles. The van der Waals surface area contributed by atoms with E-state index < -0.39 is 4.92 Å². The molecule has 21 heavy (non-hydrogen) atoms. The van der Waals surface area contributed by atoms with Crippen LogP contribution in [0.1, 0.15) is 13.8 Å². The Balaban J connectivity index is 2.02. The third kappa shape index (κ3) is 3.91. The van der Waals surface area contributed by atoms with Crippen molar-refractivity contribution in [3.63, 3.8) is 0 Å². The van der Waals surface area contributed by atoms with Crippen LogP contribution in [-0.2, 0) is 0 Å². The van der Waals surface area contributed by atoms with Crippen molar-refractivity contribution >= 4 is 22.7 Å². The van der Waals surface area contributed by atoms with Gasteiger partial charge in [-0.3, -0.25) is 10.1 Å². The molecule has 1 heterocycles. The first kappa shape index (κ1) is 15.2. The molecule has 2 rings (SSSR count). The lowest BCUT2D eigenvalue weighted by molar-refractivity contribution is -0.384. The van der Waals surface area contributed by atoms with Crippen molar-refractivity contribution in [2.24, 2.45) is 5.92 Å². The number of imidazole rings is 1. The predicted octanol–water partition coefficient (Wildman–Crippen LogP) is 2.15. The number of hydrogen-bond donors (Lipinski definition) is 2. The SMILES string of the molecule is CC(C)CNCCN(C)c1nc2ccc([N+](=O)[O-])cc2[nH]1. The maximum absolute atomic E-state index is 10.8.